The van der Waals surface area contributed by atoms with Gasteiger partial charge in [-0.3, -0.25) is 9.59 Å². The van der Waals surface area contributed by atoms with Gasteiger partial charge in [0.15, 0.2) is 11.5 Å². The lowest BCUT2D eigenvalue weighted by molar-refractivity contribution is -0.129. The Morgan fingerprint density at radius 3 is 2.35 bits per heavy atom. The highest BCUT2D eigenvalue weighted by Gasteiger charge is 2.33. The molecule has 7 nitrogen and oxygen atoms in total. The van der Waals surface area contributed by atoms with Gasteiger partial charge in [-0.1, -0.05) is 30.3 Å². The Hall–Kier alpha value is -3.06. The van der Waals surface area contributed by atoms with E-state index in [1.807, 2.05) is 42.5 Å². The van der Waals surface area contributed by atoms with Gasteiger partial charge in [0, 0.05) is 33.2 Å². The van der Waals surface area contributed by atoms with E-state index >= 15 is 0 Å². The van der Waals surface area contributed by atoms with E-state index in [4.69, 9.17) is 14.2 Å². The van der Waals surface area contributed by atoms with E-state index in [2.05, 4.69) is 5.32 Å². The van der Waals surface area contributed by atoms with Crippen LogP contribution in [0.15, 0.2) is 42.5 Å². The molecular formula is C24H30N2O5. The number of amides is 2. The maximum Gasteiger partial charge on any atom is 0.225 e. The minimum atomic E-state index is -0.314. The molecule has 0 bridgehead atoms. The van der Waals surface area contributed by atoms with Crippen LogP contribution in [0.4, 0.5) is 0 Å². The van der Waals surface area contributed by atoms with Gasteiger partial charge in [0.1, 0.15) is 0 Å². The van der Waals surface area contributed by atoms with Crippen molar-refractivity contribution >= 4 is 11.8 Å². The Morgan fingerprint density at radius 2 is 1.68 bits per heavy atom. The van der Waals surface area contributed by atoms with E-state index in [1.165, 1.54) is 0 Å². The quantitative estimate of drug-likeness (QED) is 0.632. The predicted octanol–water partition coefficient (Wildman–Crippen LogP) is 2.56. The fraction of sp³-hybridized carbons (Fsp3) is 0.417. The minimum absolute atomic E-state index is 0.0181. The number of ether oxygens (including phenoxy) is 3. The number of methoxy groups -OCH3 is 3. The number of benzene rings is 2. The molecule has 1 aliphatic heterocycles. The summed E-state index contributed by atoms with van der Waals surface area (Å²) in [5, 5.41) is 2.96. The van der Waals surface area contributed by atoms with Crippen LogP contribution in [-0.4, -0.2) is 51.1 Å². The topological polar surface area (TPSA) is 77.1 Å². The van der Waals surface area contributed by atoms with Crippen LogP contribution in [0.5, 0.6) is 11.5 Å². The van der Waals surface area contributed by atoms with Crippen LogP contribution in [-0.2, 0) is 33.9 Å². The molecule has 166 valence electrons. The van der Waals surface area contributed by atoms with Crippen LogP contribution in [0.25, 0.3) is 0 Å². The third-order valence-corrected chi connectivity index (χ3v) is 5.50. The van der Waals surface area contributed by atoms with Crippen molar-refractivity contribution in [3.05, 3.63) is 59.2 Å². The van der Waals surface area contributed by atoms with Crippen LogP contribution < -0.4 is 14.8 Å². The van der Waals surface area contributed by atoms with Gasteiger partial charge in [-0.05, 0) is 35.2 Å². The fourth-order valence-electron chi connectivity index (χ4n) is 3.72. The number of hydrogen-bond donors (Lipinski definition) is 1. The van der Waals surface area contributed by atoms with E-state index in [0.717, 1.165) is 16.7 Å². The molecule has 2 aromatic carbocycles. The smallest absolute Gasteiger partial charge is 0.225 e. The molecule has 1 N–H and O–H groups in total. The molecule has 31 heavy (non-hydrogen) atoms. The summed E-state index contributed by atoms with van der Waals surface area (Å²) < 4.78 is 15.7. The van der Waals surface area contributed by atoms with E-state index < -0.39 is 0 Å². The maximum absolute atomic E-state index is 12.6. The van der Waals surface area contributed by atoms with Gasteiger partial charge in [0.05, 0.1) is 26.7 Å². The van der Waals surface area contributed by atoms with Crippen LogP contribution in [0.3, 0.4) is 0 Å². The van der Waals surface area contributed by atoms with Gasteiger partial charge in [-0.25, -0.2) is 0 Å². The number of nitrogens with zero attached hydrogens (tertiary/aromatic N) is 1. The summed E-state index contributed by atoms with van der Waals surface area (Å²) in [6.45, 7) is 2.03. The standard InChI is InChI=1S/C24H30N2O5/c1-29-16-19-6-4-18(5-7-19)14-25-24(28)20-13-23(27)26(15-20)11-10-17-8-9-21(30-2)22(12-17)31-3/h4-9,12,20H,10-11,13-16H2,1-3H3,(H,25,28). The zero-order chi connectivity index (χ0) is 22.2. The molecule has 1 saturated heterocycles. The molecule has 1 fully saturated rings. The molecule has 0 aromatic heterocycles. The molecule has 0 spiro atoms. The largest absolute Gasteiger partial charge is 0.493 e. The van der Waals surface area contributed by atoms with Gasteiger partial charge < -0.3 is 24.4 Å². The van der Waals surface area contributed by atoms with Gasteiger partial charge in [0.2, 0.25) is 11.8 Å². The molecule has 2 amide bonds. The van der Waals surface area contributed by atoms with Crippen molar-refractivity contribution in [1.29, 1.82) is 0 Å². The van der Waals surface area contributed by atoms with E-state index in [-0.39, 0.29) is 24.2 Å². The van der Waals surface area contributed by atoms with Gasteiger partial charge >= 0.3 is 0 Å². The van der Waals surface area contributed by atoms with Crippen LogP contribution in [0.1, 0.15) is 23.1 Å². The second kappa shape index (κ2) is 10.8. The normalized spacial score (nSPS) is 15.8. The van der Waals surface area contributed by atoms with Gasteiger partial charge in [0.25, 0.3) is 0 Å². The van der Waals surface area contributed by atoms with Crippen LogP contribution in [0, 0.1) is 5.92 Å². The SMILES string of the molecule is COCc1ccc(CNC(=O)C2CC(=O)N(CCc3ccc(OC)c(OC)c3)C2)cc1. The number of carbonyl (C=O) groups excluding carboxylic acids is 2. The number of rotatable bonds is 10. The molecular weight excluding hydrogens is 396 g/mol. The molecule has 1 unspecified atom stereocenters. The van der Waals surface area contributed by atoms with Crippen molar-refractivity contribution in [3.63, 3.8) is 0 Å². The first-order valence-corrected chi connectivity index (χ1v) is 10.4. The highest BCUT2D eigenvalue weighted by atomic mass is 16.5. The third-order valence-electron chi connectivity index (χ3n) is 5.50. The first-order valence-electron chi connectivity index (χ1n) is 10.4. The average molecular weight is 427 g/mol. The van der Waals surface area contributed by atoms with E-state index in [9.17, 15) is 9.59 Å². The van der Waals surface area contributed by atoms with Crippen molar-refractivity contribution < 1.29 is 23.8 Å². The summed E-state index contributed by atoms with van der Waals surface area (Å²) in [5.41, 5.74) is 3.15. The maximum atomic E-state index is 12.6. The zero-order valence-electron chi connectivity index (χ0n) is 18.3. The van der Waals surface area contributed by atoms with Crippen molar-refractivity contribution in [2.45, 2.75) is 26.0 Å². The lowest BCUT2D eigenvalue weighted by Crippen LogP contribution is -2.33. The minimum Gasteiger partial charge on any atom is -0.493 e. The Balaban J connectivity index is 1.48. The summed E-state index contributed by atoms with van der Waals surface area (Å²) in [6.07, 6.45) is 0.943. The predicted molar refractivity (Wildman–Crippen MR) is 117 cm³/mol. The second-order valence-electron chi connectivity index (χ2n) is 7.65. The Bertz CT molecular complexity index is 897. The monoisotopic (exact) mass is 426 g/mol. The summed E-state index contributed by atoms with van der Waals surface area (Å²) in [7, 11) is 4.86. The Kier molecular flexibility index (Phi) is 7.89. The number of hydrogen-bond acceptors (Lipinski definition) is 5. The molecule has 2 aromatic rings. The summed E-state index contributed by atoms with van der Waals surface area (Å²) in [5.74, 6) is 0.965. The summed E-state index contributed by atoms with van der Waals surface area (Å²) >= 11 is 0. The fourth-order valence-corrected chi connectivity index (χ4v) is 3.72. The van der Waals surface area contributed by atoms with E-state index in [1.54, 1.807) is 26.2 Å². The van der Waals surface area contributed by atoms with Gasteiger partial charge in [-0.2, -0.15) is 0 Å². The highest BCUT2D eigenvalue weighted by Crippen LogP contribution is 2.28. The Labute approximate surface area is 183 Å². The van der Waals surface area contributed by atoms with Gasteiger partial charge in [-0.15, -0.1) is 0 Å². The number of likely N-dealkylation sites (tertiary alicyclic amines) is 1. The summed E-state index contributed by atoms with van der Waals surface area (Å²) in [4.78, 5) is 26.7. The molecule has 3 rings (SSSR count). The average Bonchev–Trinajstić information content (AvgIpc) is 3.17. The van der Waals surface area contributed by atoms with Crippen molar-refractivity contribution in [2.75, 3.05) is 34.4 Å². The number of carbonyl (C=O) groups is 2. The van der Waals surface area contributed by atoms with Crippen molar-refractivity contribution in [2.24, 2.45) is 5.92 Å². The molecule has 0 radical (unpaired) electrons. The molecule has 7 heteroatoms. The molecule has 1 heterocycles. The zero-order valence-corrected chi connectivity index (χ0v) is 18.3. The van der Waals surface area contributed by atoms with E-state index in [0.29, 0.717) is 44.2 Å². The summed E-state index contributed by atoms with van der Waals surface area (Å²) in [6, 6.07) is 13.7. The second-order valence-corrected chi connectivity index (χ2v) is 7.65. The molecule has 0 aliphatic carbocycles. The van der Waals surface area contributed by atoms with Crippen LogP contribution in [0.2, 0.25) is 0 Å². The number of nitrogens with one attached hydrogen (secondary N) is 1. The highest BCUT2D eigenvalue weighted by molar-refractivity contribution is 5.89. The Morgan fingerprint density at radius 1 is 1.00 bits per heavy atom. The molecule has 0 saturated carbocycles. The molecule has 1 atom stereocenters. The first-order chi connectivity index (χ1) is 15.0. The molecule has 1 aliphatic rings. The lowest BCUT2D eigenvalue weighted by atomic mass is 10.1. The van der Waals surface area contributed by atoms with Crippen molar-refractivity contribution in [1.82, 2.24) is 10.2 Å². The first kappa shape index (κ1) is 22.6. The lowest BCUT2D eigenvalue weighted by Gasteiger charge is -2.17. The van der Waals surface area contributed by atoms with Crippen molar-refractivity contribution in [3.8, 4) is 11.5 Å². The van der Waals surface area contributed by atoms with Crippen LogP contribution >= 0.6 is 0 Å². The third kappa shape index (κ3) is 5.98.